The molecule has 7 nitrogen and oxygen atoms in total. The Morgan fingerprint density at radius 3 is 2.40 bits per heavy atom. The van der Waals surface area contributed by atoms with Crippen LogP contribution in [0.2, 0.25) is 0 Å². The molecule has 0 bridgehead atoms. The maximum absolute atomic E-state index is 11.2. The van der Waals surface area contributed by atoms with Gasteiger partial charge in [-0.25, -0.2) is 4.79 Å². The maximum atomic E-state index is 11.2. The van der Waals surface area contributed by atoms with Gasteiger partial charge in [-0.15, -0.1) is 0 Å². The molecule has 0 aromatic carbocycles. The highest BCUT2D eigenvalue weighted by Gasteiger charge is 2.28. The topological polar surface area (TPSA) is 131 Å². The summed E-state index contributed by atoms with van der Waals surface area (Å²) in [5.74, 6) is -1.92. The lowest BCUT2D eigenvalue weighted by molar-refractivity contribution is -0.139. The molecule has 0 radical (unpaired) electrons. The summed E-state index contributed by atoms with van der Waals surface area (Å²) < 4.78 is -2.07. The third-order valence-electron chi connectivity index (χ3n) is 2.05. The molecular weight excluding hydrogens is 330 g/mol. The number of halogens is 3. The summed E-state index contributed by atoms with van der Waals surface area (Å²) in [4.78, 5) is 25.9. The van der Waals surface area contributed by atoms with E-state index >= 15 is 0 Å². The smallest absolute Gasteiger partial charge is 0.326 e. The highest BCUT2D eigenvalue weighted by atomic mass is 35.6. The molecule has 114 valence electrons. The van der Waals surface area contributed by atoms with Crippen LogP contribution in [-0.4, -0.2) is 39.2 Å². The Labute approximate surface area is 130 Å². The number of carbonyl (C=O) groups excluding carboxylic acids is 1. The zero-order valence-electron chi connectivity index (χ0n) is 10.4. The van der Waals surface area contributed by atoms with E-state index in [-0.39, 0.29) is 12.4 Å². The average molecular weight is 346 g/mol. The number of hydrogen-bond acceptors (Lipinski definition) is 4. The standard InChI is InChI=1S/C10H15Cl3N4O3/c11-10(12,13)7(18)3-5-16-6(8(19)20)2-1-4-17-9(14)15/h3,5-6,16H,1-2,4H2,(H,19,20)(H4,14,15,17)/b5-3+. The number of nitrogens with one attached hydrogen (secondary N) is 1. The van der Waals surface area contributed by atoms with Crippen LogP contribution in [0.5, 0.6) is 0 Å². The van der Waals surface area contributed by atoms with Gasteiger partial charge in [-0.1, -0.05) is 34.8 Å². The Morgan fingerprint density at radius 1 is 1.35 bits per heavy atom. The summed E-state index contributed by atoms with van der Waals surface area (Å²) in [5, 5.41) is 11.5. The second-order valence-corrected chi connectivity index (χ2v) is 5.98. The van der Waals surface area contributed by atoms with Crippen LogP contribution in [0.4, 0.5) is 0 Å². The van der Waals surface area contributed by atoms with Crippen molar-refractivity contribution in [2.75, 3.05) is 6.54 Å². The van der Waals surface area contributed by atoms with Crippen LogP contribution in [0.15, 0.2) is 17.3 Å². The molecule has 0 aromatic heterocycles. The first kappa shape index (κ1) is 18.8. The number of allylic oxidation sites excluding steroid dienone is 1. The summed E-state index contributed by atoms with van der Waals surface area (Å²) in [6, 6.07) is -0.899. The molecule has 1 unspecified atom stereocenters. The highest BCUT2D eigenvalue weighted by molar-refractivity contribution is 6.77. The van der Waals surface area contributed by atoms with Gasteiger partial charge in [0.1, 0.15) is 6.04 Å². The number of rotatable bonds is 8. The molecule has 0 fully saturated rings. The molecule has 6 N–H and O–H groups in total. The number of alkyl halides is 3. The highest BCUT2D eigenvalue weighted by Crippen LogP contribution is 2.27. The number of ketones is 1. The lowest BCUT2D eigenvalue weighted by Crippen LogP contribution is -2.33. The summed E-state index contributed by atoms with van der Waals surface area (Å²) in [6.07, 6.45) is 2.80. The van der Waals surface area contributed by atoms with Crippen molar-refractivity contribution < 1.29 is 14.7 Å². The van der Waals surface area contributed by atoms with Gasteiger partial charge in [-0.05, 0) is 12.8 Å². The second-order valence-electron chi connectivity index (χ2n) is 3.70. The fraction of sp³-hybridized carbons (Fsp3) is 0.500. The van der Waals surface area contributed by atoms with Crippen molar-refractivity contribution in [2.45, 2.75) is 22.7 Å². The quantitative estimate of drug-likeness (QED) is 0.167. The molecule has 0 aliphatic carbocycles. The minimum Gasteiger partial charge on any atom is -0.480 e. The molecular formula is C10H15Cl3N4O3. The number of aliphatic imine (C=N–C) groups is 1. The van der Waals surface area contributed by atoms with Crippen LogP contribution in [-0.2, 0) is 9.59 Å². The zero-order chi connectivity index (χ0) is 15.8. The van der Waals surface area contributed by atoms with Crippen LogP contribution in [0.1, 0.15) is 12.8 Å². The van der Waals surface area contributed by atoms with Gasteiger partial charge in [0.25, 0.3) is 3.79 Å². The van der Waals surface area contributed by atoms with E-state index in [9.17, 15) is 9.59 Å². The summed E-state index contributed by atoms with van der Waals surface area (Å²) >= 11 is 16.0. The largest absolute Gasteiger partial charge is 0.480 e. The number of aliphatic carboxylic acids is 1. The fourth-order valence-corrected chi connectivity index (χ4v) is 1.31. The molecule has 0 aliphatic rings. The molecule has 0 rings (SSSR count). The van der Waals surface area contributed by atoms with Gasteiger partial charge in [-0.3, -0.25) is 9.79 Å². The Hall–Kier alpha value is -1.18. The van der Waals surface area contributed by atoms with Crippen LogP contribution in [0.3, 0.4) is 0 Å². The van der Waals surface area contributed by atoms with Crippen molar-refractivity contribution in [1.29, 1.82) is 0 Å². The molecule has 0 heterocycles. The molecule has 0 saturated heterocycles. The lowest BCUT2D eigenvalue weighted by Gasteiger charge is -2.12. The van der Waals surface area contributed by atoms with Gasteiger partial charge in [0, 0.05) is 18.8 Å². The van der Waals surface area contributed by atoms with E-state index in [4.69, 9.17) is 51.4 Å². The Bertz CT molecular complexity index is 403. The van der Waals surface area contributed by atoms with E-state index in [1.165, 1.54) is 0 Å². The molecule has 0 aromatic rings. The molecule has 0 spiro atoms. The predicted molar refractivity (Wildman–Crippen MR) is 78.9 cm³/mol. The molecule has 0 saturated carbocycles. The Balaban J connectivity index is 4.29. The SMILES string of the molecule is NC(N)=NCCCC(N/C=C/C(=O)C(Cl)(Cl)Cl)C(=O)O. The summed E-state index contributed by atoms with van der Waals surface area (Å²) in [5.41, 5.74) is 10.3. The van der Waals surface area contributed by atoms with E-state index in [0.29, 0.717) is 13.0 Å². The minimum atomic E-state index is -2.07. The van der Waals surface area contributed by atoms with Crippen molar-refractivity contribution in [3.05, 3.63) is 12.3 Å². The number of guanidine groups is 1. The number of nitrogens with two attached hydrogens (primary N) is 2. The Kier molecular flexibility index (Phi) is 8.36. The van der Waals surface area contributed by atoms with Gasteiger partial charge >= 0.3 is 5.97 Å². The summed E-state index contributed by atoms with van der Waals surface area (Å²) in [6.45, 7) is 0.310. The first-order valence-corrected chi connectivity index (χ1v) is 6.60. The second kappa shape index (κ2) is 8.89. The van der Waals surface area contributed by atoms with Crippen molar-refractivity contribution >= 4 is 52.5 Å². The van der Waals surface area contributed by atoms with Crippen molar-refractivity contribution in [3.63, 3.8) is 0 Å². The van der Waals surface area contributed by atoms with Crippen LogP contribution >= 0.6 is 34.8 Å². The molecule has 0 aliphatic heterocycles. The predicted octanol–water partition coefficient (Wildman–Crippen LogP) is 0.536. The van der Waals surface area contributed by atoms with Crippen molar-refractivity contribution in [2.24, 2.45) is 16.5 Å². The third kappa shape index (κ3) is 8.84. The van der Waals surface area contributed by atoms with E-state index in [1.807, 2.05) is 0 Å². The molecule has 20 heavy (non-hydrogen) atoms. The van der Waals surface area contributed by atoms with E-state index in [0.717, 1.165) is 12.3 Å². The summed E-state index contributed by atoms with van der Waals surface area (Å²) in [7, 11) is 0. The number of carboxylic acids is 1. The maximum Gasteiger partial charge on any atom is 0.326 e. The third-order valence-corrected chi connectivity index (χ3v) is 2.61. The molecule has 0 amide bonds. The number of nitrogens with zero attached hydrogens (tertiary/aromatic N) is 1. The van der Waals surface area contributed by atoms with Crippen LogP contribution in [0.25, 0.3) is 0 Å². The molecule has 1 atom stereocenters. The van der Waals surface area contributed by atoms with Crippen LogP contribution < -0.4 is 16.8 Å². The molecule has 10 heteroatoms. The van der Waals surface area contributed by atoms with Gasteiger partial charge in [0.15, 0.2) is 5.96 Å². The van der Waals surface area contributed by atoms with Gasteiger partial charge in [-0.2, -0.15) is 0 Å². The number of hydrogen-bond donors (Lipinski definition) is 4. The Morgan fingerprint density at radius 2 is 1.95 bits per heavy atom. The number of carboxylic acid groups (broad SMARTS) is 1. The zero-order valence-corrected chi connectivity index (χ0v) is 12.6. The minimum absolute atomic E-state index is 0.0574. The van der Waals surface area contributed by atoms with E-state index < -0.39 is 21.6 Å². The number of carbonyl (C=O) groups is 2. The fourth-order valence-electron chi connectivity index (χ4n) is 1.12. The normalized spacial score (nSPS) is 12.9. The average Bonchev–Trinajstić information content (AvgIpc) is 2.29. The van der Waals surface area contributed by atoms with E-state index in [2.05, 4.69) is 10.3 Å². The van der Waals surface area contributed by atoms with E-state index in [1.54, 1.807) is 0 Å². The van der Waals surface area contributed by atoms with Gasteiger partial charge in [0.05, 0.1) is 0 Å². The first-order valence-electron chi connectivity index (χ1n) is 5.46. The lowest BCUT2D eigenvalue weighted by atomic mass is 10.1. The van der Waals surface area contributed by atoms with Crippen molar-refractivity contribution in [3.8, 4) is 0 Å². The van der Waals surface area contributed by atoms with Crippen LogP contribution in [0, 0.1) is 0 Å². The van der Waals surface area contributed by atoms with Crippen molar-refractivity contribution in [1.82, 2.24) is 5.32 Å². The van der Waals surface area contributed by atoms with Gasteiger partial charge < -0.3 is 21.9 Å². The van der Waals surface area contributed by atoms with Gasteiger partial charge in [0.2, 0.25) is 5.78 Å². The monoisotopic (exact) mass is 344 g/mol. The first-order chi connectivity index (χ1) is 9.14.